The molecule has 3 aromatic carbocycles. The maximum atomic E-state index is 13.7. The Morgan fingerprint density at radius 1 is 1.06 bits per heavy atom. The number of nitrogens with one attached hydrogen (secondary N) is 1. The summed E-state index contributed by atoms with van der Waals surface area (Å²) >= 11 is 3.31. The molecule has 158 valence electrons. The van der Waals surface area contributed by atoms with E-state index in [2.05, 4.69) is 26.2 Å². The maximum Gasteiger partial charge on any atom is 0.450 e. The lowest BCUT2D eigenvalue weighted by atomic mass is 10.2. The van der Waals surface area contributed by atoms with Gasteiger partial charge in [0.05, 0.1) is 18.1 Å². The number of hydrogen-bond acceptors (Lipinski definition) is 3. The number of halogens is 4. The Bertz CT molecular complexity index is 1270. The zero-order valence-corrected chi connectivity index (χ0v) is 17.7. The molecule has 0 fully saturated rings. The number of imidazole rings is 1. The largest absolute Gasteiger partial charge is 0.497 e. The number of anilines is 1. The average molecular weight is 490 g/mol. The van der Waals surface area contributed by atoms with Crippen LogP contribution in [0.3, 0.4) is 0 Å². The standard InChI is InChI=1S/C22H15BrF3N3O2/c1-31-17-9-10-19-18(12-17)28-21(22(24,25)26)29(19)16-7-5-15(6-8-16)27-20(30)13-3-2-4-14(23)11-13/h2-12H,1H3,(H,27,30). The van der Waals surface area contributed by atoms with Gasteiger partial charge in [-0.1, -0.05) is 22.0 Å². The summed E-state index contributed by atoms with van der Waals surface area (Å²) in [5.41, 5.74) is 1.62. The van der Waals surface area contributed by atoms with Crippen LogP contribution in [0.5, 0.6) is 5.75 Å². The van der Waals surface area contributed by atoms with Crippen molar-refractivity contribution in [2.75, 3.05) is 12.4 Å². The molecule has 0 aliphatic rings. The highest BCUT2D eigenvalue weighted by Crippen LogP contribution is 2.35. The molecule has 31 heavy (non-hydrogen) atoms. The quantitative estimate of drug-likeness (QED) is 0.378. The third-order valence-corrected chi connectivity index (χ3v) is 5.08. The predicted octanol–water partition coefficient (Wildman–Crippen LogP) is 6.07. The fraction of sp³-hybridized carbons (Fsp3) is 0.0909. The van der Waals surface area contributed by atoms with Crippen LogP contribution in [0, 0.1) is 0 Å². The monoisotopic (exact) mass is 489 g/mol. The molecular weight excluding hydrogens is 475 g/mol. The van der Waals surface area contributed by atoms with E-state index in [4.69, 9.17) is 4.74 Å². The van der Waals surface area contributed by atoms with E-state index in [1.165, 1.54) is 31.4 Å². The van der Waals surface area contributed by atoms with Gasteiger partial charge >= 0.3 is 6.18 Å². The van der Waals surface area contributed by atoms with Crippen LogP contribution >= 0.6 is 15.9 Å². The lowest BCUT2D eigenvalue weighted by Gasteiger charge is -2.12. The third-order valence-electron chi connectivity index (χ3n) is 4.59. The van der Waals surface area contributed by atoms with Crippen LogP contribution in [-0.2, 0) is 6.18 Å². The molecular formula is C22H15BrF3N3O2. The first kappa shape index (κ1) is 20.9. The molecule has 1 aromatic heterocycles. The van der Waals surface area contributed by atoms with E-state index < -0.39 is 12.0 Å². The topological polar surface area (TPSA) is 56.1 Å². The number of carbonyl (C=O) groups is 1. The van der Waals surface area contributed by atoms with Crippen LogP contribution in [0.2, 0.25) is 0 Å². The van der Waals surface area contributed by atoms with Gasteiger partial charge in [-0.3, -0.25) is 9.36 Å². The predicted molar refractivity (Wildman–Crippen MR) is 115 cm³/mol. The van der Waals surface area contributed by atoms with Gasteiger partial charge in [-0.15, -0.1) is 0 Å². The number of nitrogens with zero attached hydrogens (tertiary/aromatic N) is 2. The molecule has 0 radical (unpaired) electrons. The van der Waals surface area contributed by atoms with Gasteiger partial charge in [0.1, 0.15) is 5.75 Å². The van der Waals surface area contributed by atoms with Crippen LogP contribution < -0.4 is 10.1 Å². The molecule has 0 atom stereocenters. The molecule has 0 saturated carbocycles. The molecule has 5 nitrogen and oxygen atoms in total. The van der Waals surface area contributed by atoms with E-state index in [0.717, 1.165) is 9.04 Å². The normalized spacial score (nSPS) is 11.5. The molecule has 1 amide bonds. The van der Waals surface area contributed by atoms with Crippen LogP contribution in [0.25, 0.3) is 16.7 Å². The van der Waals surface area contributed by atoms with E-state index in [0.29, 0.717) is 22.5 Å². The number of ether oxygens (including phenoxy) is 1. The van der Waals surface area contributed by atoms with Crippen molar-refractivity contribution < 1.29 is 22.7 Å². The van der Waals surface area contributed by atoms with Crippen molar-refractivity contribution in [3.05, 3.63) is 82.6 Å². The van der Waals surface area contributed by atoms with Crippen molar-refractivity contribution in [1.29, 1.82) is 0 Å². The molecule has 0 saturated heterocycles. The second kappa shape index (κ2) is 8.07. The lowest BCUT2D eigenvalue weighted by Crippen LogP contribution is -2.14. The molecule has 9 heteroatoms. The molecule has 1 heterocycles. The summed E-state index contributed by atoms with van der Waals surface area (Å²) in [6, 6.07) is 17.5. The Hall–Kier alpha value is -3.33. The number of fused-ring (bicyclic) bond motifs is 1. The summed E-state index contributed by atoms with van der Waals surface area (Å²) in [5.74, 6) is -0.955. The second-order valence-corrected chi connectivity index (χ2v) is 7.55. The van der Waals surface area contributed by atoms with Crippen molar-refractivity contribution in [3.8, 4) is 11.4 Å². The molecule has 0 aliphatic carbocycles. The minimum atomic E-state index is -4.65. The Labute approximate surface area is 183 Å². The first-order chi connectivity index (χ1) is 14.8. The van der Waals surface area contributed by atoms with Gasteiger partial charge < -0.3 is 10.1 Å². The summed E-state index contributed by atoms with van der Waals surface area (Å²) in [5, 5.41) is 2.73. The van der Waals surface area contributed by atoms with Crippen molar-refractivity contribution in [2.24, 2.45) is 0 Å². The third kappa shape index (κ3) is 4.27. The smallest absolute Gasteiger partial charge is 0.450 e. The number of alkyl halides is 3. The Kier molecular flexibility index (Phi) is 5.45. The van der Waals surface area contributed by atoms with E-state index >= 15 is 0 Å². The fourth-order valence-electron chi connectivity index (χ4n) is 3.17. The molecule has 1 N–H and O–H groups in total. The van der Waals surface area contributed by atoms with Crippen LogP contribution in [0.15, 0.2) is 71.2 Å². The van der Waals surface area contributed by atoms with Gasteiger partial charge in [0, 0.05) is 27.5 Å². The Morgan fingerprint density at radius 3 is 2.45 bits per heavy atom. The van der Waals surface area contributed by atoms with E-state index in [1.807, 2.05) is 0 Å². The number of rotatable bonds is 4. The fourth-order valence-corrected chi connectivity index (χ4v) is 3.56. The highest BCUT2D eigenvalue weighted by atomic mass is 79.9. The molecule has 4 rings (SSSR count). The highest BCUT2D eigenvalue weighted by Gasteiger charge is 2.38. The van der Waals surface area contributed by atoms with Crippen LogP contribution in [0.4, 0.5) is 18.9 Å². The Balaban J connectivity index is 1.69. The highest BCUT2D eigenvalue weighted by molar-refractivity contribution is 9.10. The maximum absolute atomic E-state index is 13.7. The van der Waals surface area contributed by atoms with Crippen molar-refractivity contribution >= 4 is 38.6 Å². The van der Waals surface area contributed by atoms with Gasteiger partial charge in [-0.2, -0.15) is 13.2 Å². The van der Waals surface area contributed by atoms with Crippen LogP contribution in [0.1, 0.15) is 16.2 Å². The number of amides is 1. The van der Waals surface area contributed by atoms with Gasteiger partial charge in [0.15, 0.2) is 0 Å². The molecule has 0 bridgehead atoms. The lowest BCUT2D eigenvalue weighted by molar-refractivity contribution is -0.145. The summed E-state index contributed by atoms with van der Waals surface area (Å²) in [7, 11) is 1.43. The zero-order valence-electron chi connectivity index (χ0n) is 16.1. The van der Waals surface area contributed by atoms with Crippen molar-refractivity contribution in [3.63, 3.8) is 0 Å². The molecule has 0 aliphatic heterocycles. The summed E-state index contributed by atoms with van der Waals surface area (Å²) < 4.78 is 47.8. The number of aromatic nitrogens is 2. The van der Waals surface area contributed by atoms with Crippen molar-refractivity contribution in [2.45, 2.75) is 6.18 Å². The minimum Gasteiger partial charge on any atom is -0.497 e. The zero-order chi connectivity index (χ0) is 22.2. The van der Waals surface area contributed by atoms with Crippen molar-refractivity contribution in [1.82, 2.24) is 9.55 Å². The van der Waals surface area contributed by atoms with Crippen LogP contribution in [-0.4, -0.2) is 22.6 Å². The van der Waals surface area contributed by atoms with Gasteiger partial charge in [0.2, 0.25) is 5.82 Å². The second-order valence-electron chi connectivity index (χ2n) is 6.63. The first-order valence-corrected chi connectivity index (χ1v) is 9.86. The summed E-state index contributed by atoms with van der Waals surface area (Å²) in [6.45, 7) is 0. The van der Waals surface area contributed by atoms with Gasteiger partial charge in [0.25, 0.3) is 5.91 Å². The minimum absolute atomic E-state index is 0.165. The Morgan fingerprint density at radius 2 is 1.81 bits per heavy atom. The summed E-state index contributed by atoms with van der Waals surface area (Å²) in [6.07, 6.45) is -4.65. The summed E-state index contributed by atoms with van der Waals surface area (Å²) in [4.78, 5) is 16.2. The number of benzene rings is 3. The first-order valence-electron chi connectivity index (χ1n) is 9.07. The SMILES string of the molecule is COc1ccc2c(c1)nc(C(F)(F)F)n2-c1ccc(NC(=O)c2cccc(Br)c2)cc1. The van der Waals surface area contributed by atoms with Gasteiger partial charge in [-0.05, 0) is 54.6 Å². The number of carbonyl (C=O) groups excluding carboxylic acids is 1. The molecule has 0 spiro atoms. The molecule has 0 unspecified atom stereocenters. The van der Waals surface area contributed by atoms with Gasteiger partial charge in [-0.25, -0.2) is 4.98 Å². The number of hydrogen-bond donors (Lipinski definition) is 1. The average Bonchev–Trinajstić information content (AvgIpc) is 3.13. The molecule has 4 aromatic rings. The number of methoxy groups -OCH3 is 1. The van der Waals surface area contributed by atoms with E-state index in [1.54, 1.807) is 42.5 Å². The van der Waals surface area contributed by atoms with E-state index in [9.17, 15) is 18.0 Å². The van der Waals surface area contributed by atoms with E-state index in [-0.39, 0.29) is 17.1 Å².